The van der Waals surface area contributed by atoms with Gasteiger partial charge in [0.15, 0.2) is 0 Å². The molecule has 0 heterocycles. The smallest absolute Gasteiger partial charge is 0.306 e. The lowest BCUT2D eigenvalue weighted by Crippen LogP contribution is -2.38. The number of benzene rings is 1. The zero-order valence-electron chi connectivity index (χ0n) is 14.8. The summed E-state index contributed by atoms with van der Waals surface area (Å²) in [7, 11) is -3.56. The summed E-state index contributed by atoms with van der Waals surface area (Å²) in [5.41, 5.74) is 0.757. The second-order valence-electron chi connectivity index (χ2n) is 7.29. The first-order chi connectivity index (χ1) is 10.4. The monoisotopic (exact) mass is 341 g/mol. The molecule has 130 valence electrons. The molecule has 0 fully saturated rings. The zero-order valence-corrected chi connectivity index (χ0v) is 15.6. The van der Waals surface area contributed by atoms with Gasteiger partial charge >= 0.3 is 10.1 Å². The van der Waals surface area contributed by atoms with Gasteiger partial charge in [0.05, 0.1) is 6.26 Å². The van der Waals surface area contributed by atoms with E-state index in [-0.39, 0.29) is 23.1 Å². The fourth-order valence-corrected chi connectivity index (χ4v) is 2.63. The van der Waals surface area contributed by atoms with Crippen LogP contribution in [0.15, 0.2) is 24.3 Å². The number of rotatable bonds is 6. The van der Waals surface area contributed by atoms with Crippen LogP contribution in [0.4, 0.5) is 0 Å². The third kappa shape index (κ3) is 7.50. The van der Waals surface area contributed by atoms with Gasteiger partial charge in [0.1, 0.15) is 5.75 Å². The molecule has 1 aromatic rings. The highest BCUT2D eigenvalue weighted by Gasteiger charge is 2.23. The van der Waals surface area contributed by atoms with E-state index in [4.69, 9.17) is 4.18 Å². The first-order valence-electron chi connectivity index (χ1n) is 7.65. The van der Waals surface area contributed by atoms with Crippen molar-refractivity contribution in [2.24, 2.45) is 5.41 Å². The Hall–Kier alpha value is -1.56. The van der Waals surface area contributed by atoms with Crippen LogP contribution in [-0.2, 0) is 21.5 Å². The fourth-order valence-electron chi connectivity index (χ4n) is 2.18. The van der Waals surface area contributed by atoms with E-state index >= 15 is 0 Å². The summed E-state index contributed by atoms with van der Waals surface area (Å²) in [6.45, 7) is 10.5. The highest BCUT2D eigenvalue weighted by Crippen LogP contribution is 2.23. The zero-order chi connectivity index (χ0) is 17.8. The lowest BCUT2D eigenvalue weighted by Gasteiger charge is -2.30. The molecule has 0 unspecified atom stereocenters. The number of carbonyl (C=O) groups is 1. The van der Waals surface area contributed by atoms with Gasteiger partial charge in [-0.2, -0.15) is 8.42 Å². The molecule has 0 spiro atoms. The van der Waals surface area contributed by atoms with Crippen LogP contribution in [0.1, 0.15) is 46.6 Å². The molecule has 1 amide bonds. The highest BCUT2D eigenvalue weighted by atomic mass is 32.2. The Kier molecular flexibility index (Phi) is 6.22. The number of hydrogen-bond donors (Lipinski definition) is 0. The Bertz CT molecular complexity index is 645. The van der Waals surface area contributed by atoms with Crippen LogP contribution in [-0.4, -0.2) is 31.5 Å². The average Bonchev–Trinajstić information content (AvgIpc) is 2.31. The summed E-state index contributed by atoms with van der Waals surface area (Å²) >= 11 is 0. The number of nitrogens with zero attached hydrogens (tertiary/aromatic N) is 1. The minimum absolute atomic E-state index is 0.0596. The van der Waals surface area contributed by atoms with Gasteiger partial charge in [0.25, 0.3) is 0 Å². The number of hydrogen-bond acceptors (Lipinski definition) is 4. The van der Waals surface area contributed by atoms with Gasteiger partial charge in [-0.1, -0.05) is 32.9 Å². The number of amides is 1. The van der Waals surface area contributed by atoms with E-state index in [2.05, 4.69) is 0 Å². The van der Waals surface area contributed by atoms with Gasteiger partial charge in [-0.05, 0) is 37.0 Å². The van der Waals surface area contributed by atoms with E-state index in [1.165, 1.54) is 0 Å². The summed E-state index contributed by atoms with van der Waals surface area (Å²) in [4.78, 5) is 14.3. The molecule has 0 saturated carbocycles. The third-order valence-corrected chi connectivity index (χ3v) is 3.62. The van der Waals surface area contributed by atoms with E-state index in [0.29, 0.717) is 13.0 Å². The summed E-state index contributed by atoms with van der Waals surface area (Å²) in [5, 5.41) is 0. The van der Waals surface area contributed by atoms with Gasteiger partial charge in [-0.3, -0.25) is 4.79 Å². The van der Waals surface area contributed by atoms with Crippen molar-refractivity contribution in [3.63, 3.8) is 0 Å². The van der Waals surface area contributed by atoms with Gasteiger partial charge in [0.2, 0.25) is 5.91 Å². The van der Waals surface area contributed by atoms with E-state index in [9.17, 15) is 13.2 Å². The van der Waals surface area contributed by atoms with E-state index in [1.54, 1.807) is 23.1 Å². The Morgan fingerprint density at radius 2 is 1.87 bits per heavy atom. The molecule has 0 radical (unpaired) electrons. The predicted octanol–water partition coefficient (Wildman–Crippen LogP) is 3.20. The largest absolute Gasteiger partial charge is 0.383 e. The summed E-state index contributed by atoms with van der Waals surface area (Å²) < 4.78 is 27.3. The van der Waals surface area contributed by atoms with Crippen LogP contribution >= 0.6 is 0 Å². The Balaban J connectivity index is 2.93. The molecule has 0 atom stereocenters. The topological polar surface area (TPSA) is 63.7 Å². The van der Waals surface area contributed by atoms with Crippen molar-refractivity contribution < 1.29 is 17.4 Å². The Morgan fingerprint density at radius 1 is 1.26 bits per heavy atom. The second kappa shape index (κ2) is 7.34. The predicted molar refractivity (Wildman–Crippen MR) is 91.7 cm³/mol. The minimum atomic E-state index is -3.56. The lowest BCUT2D eigenvalue weighted by atomic mass is 9.91. The van der Waals surface area contributed by atoms with Crippen LogP contribution in [0, 0.1) is 5.41 Å². The molecule has 0 aliphatic heterocycles. The molecule has 5 nitrogen and oxygen atoms in total. The molecule has 0 bridgehead atoms. The Labute approximate surface area is 139 Å². The molecule has 0 aromatic heterocycles. The van der Waals surface area contributed by atoms with Crippen LogP contribution in [0.3, 0.4) is 0 Å². The molecule has 6 heteroatoms. The maximum atomic E-state index is 12.5. The molecule has 0 aliphatic carbocycles. The van der Waals surface area contributed by atoms with Crippen molar-refractivity contribution >= 4 is 16.0 Å². The lowest BCUT2D eigenvalue weighted by molar-refractivity contribution is -0.135. The average molecular weight is 341 g/mol. The summed E-state index contributed by atoms with van der Waals surface area (Å²) in [5.74, 6) is 0.346. The van der Waals surface area contributed by atoms with Crippen molar-refractivity contribution in [1.29, 1.82) is 0 Å². The normalized spacial score (nSPS) is 12.3. The minimum Gasteiger partial charge on any atom is -0.383 e. The molecular weight excluding hydrogens is 314 g/mol. The highest BCUT2D eigenvalue weighted by molar-refractivity contribution is 7.86. The molecule has 0 saturated heterocycles. The van der Waals surface area contributed by atoms with Crippen LogP contribution < -0.4 is 4.18 Å². The fraction of sp³-hybridized carbons (Fsp3) is 0.588. The van der Waals surface area contributed by atoms with E-state index < -0.39 is 10.1 Å². The van der Waals surface area contributed by atoms with Gasteiger partial charge < -0.3 is 9.08 Å². The molecule has 23 heavy (non-hydrogen) atoms. The van der Waals surface area contributed by atoms with Crippen molar-refractivity contribution in [3.05, 3.63) is 29.8 Å². The molecule has 0 N–H and O–H groups in total. The van der Waals surface area contributed by atoms with Crippen molar-refractivity contribution in [2.75, 3.05) is 6.26 Å². The van der Waals surface area contributed by atoms with Crippen molar-refractivity contribution in [1.82, 2.24) is 4.90 Å². The molecule has 0 aliphatic rings. The van der Waals surface area contributed by atoms with Crippen LogP contribution in [0.2, 0.25) is 0 Å². The number of carbonyl (C=O) groups excluding carboxylic acids is 1. The van der Waals surface area contributed by atoms with Gasteiger partial charge in [0, 0.05) is 19.0 Å². The maximum Gasteiger partial charge on any atom is 0.306 e. The summed E-state index contributed by atoms with van der Waals surface area (Å²) in [6, 6.07) is 6.88. The first-order valence-corrected chi connectivity index (χ1v) is 9.47. The SMILES string of the molecule is CC(C)N(Cc1cccc(OS(C)(=O)=O)c1)C(=O)CC(C)(C)C. The quantitative estimate of drug-likeness (QED) is 0.745. The van der Waals surface area contributed by atoms with Gasteiger partial charge in [-0.15, -0.1) is 0 Å². The molecule has 1 aromatic carbocycles. The summed E-state index contributed by atoms with van der Waals surface area (Å²) in [6.07, 6.45) is 1.47. The first kappa shape index (κ1) is 19.5. The van der Waals surface area contributed by atoms with Crippen LogP contribution in [0.5, 0.6) is 5.75 Å². The standard InChI is InChI=1S/C17H27NO4S/c1-13(2)18(16(19)11-17(3,4)5)12-14-8-7-9-15(10-14)22-23(6,20)21/h7-10,13H,11-12H2,1-6H3. The third-order valence-electron chi connectivity index (χ3n) is 3.12. The maximum absolute atomic E-state index is 12.5. The van der Waals surface area contributed by atoms with Crippen molar-refractivity contribution in [3.8, 4) is 5.75 Å². The Morgan fingerprint density at radius 3 is 2.35 bits per heavy atom. The molecular formula is C17H27NO4S. The van der Waals surface area contributed by atoms with Crippen molar-refractivity contribution in [2.45, 2.75) is 53.6 Å². The van der Waals surface area contributed by atoms with Crippen LogP contribution in [0.25, 0.3) is 0 Å². The van der Waals surface area contributed by atoms with Gasteiger partial charge in [-0.25, -0.2) is 0 Å². The molecule has 1 rings (SSSR count). The van der Waals surface area contributed by atoms with E-state index in [1.807, 2.05) is 40.7 Å². The second-order valence-corrected chi connectivity index (χ2v) is 8.86. The van der Waals surface area contributed by atoms with E-state index in [0.717, 1.165) is 11.8 Å².